The van der Waals surface area contributed by atoms with E-state index in [1.54, 1.807) is 0 Å². The van der Waals surface area contributed by atoms with Crippen LogP contribution in [0.5, 0.6) is 0 Å². The van der Waals surface area contributed by atoms with Gasteiger partial charge in [-0.2, -0.15) is 0 Å². The van der Waals surface area contributed by atoms with E-state index in [2.05, 4.69) is 10.0 Å². The van der Waals surface area contributed by atoms with Gasteiger partial charge in [0.15, 0.2) is 0 Å². The highest BCUT2D eigenvalue weighted by Gasteiger charge is 2.15. The van der Waals surface area contributed by atoms with Crippen molar-refractivity contribution < 1.29 is 12.8 Å². The summed E-state index contributed by atoms with van der Waals surface area (Å²) in [5.74, 6) is -0.562. The highest BCUT2D eigenvalue weighted by atomic mass is 32.2. The number of halogens is 1. The zero-order chi connectivity index (χ0) is 12.9. The Hall–Kier alpha value is -0.980. The van der Waals surface area contributed by atoms with Gasteiger partial charge in [0.25, 0.3) is 0 Å². The number of rotatable bonds is 6. The SMILES string of the molecule is CCN[C@H](C)CNS(=O)(=O)c1cccc(F)c1. The first-order valence-electron chi connectivity index (χ1n) is 5.44. The van der Waals surface area contributed by atoms with Gasteiger partial charge in [-0.25, -0.2) is 17.5 Å². The Kier molecular flexibility index (Phi) is 5.04. The molecule has 0 bridgehead atoms. The molecule has 0 spiro atoms. The minimum atomic E-state index is -3.63. The molecule has 0 radical (unpaired) electrons. The van der Waals surface area contributed by atoms with Crippen LogP contribution >= 0.6 is 0 Å². The first-order chi connectivity index (χ1) is 7.95. The molecule has 0 heterocycles. The zero-order valence-corrected chi connectivity index (χ0v) is 10.7. The first-order valence-corrected chi connectivity index (χ1v) is 6.92. The van der Waals surface area contributed by atoms with Crippen molar-refractivity contribution in [2.45, 2.75) is 24.8 Å². The molecule has 0 amide bonds. The third kappa shape index (κ3) is 4.41. The molecular weight excluding hydrogens is 243 g/mol. The molecule has 96 valence electrons. The predicted molar refractivity (Wildman–Crippen MR) is 64.7 cm³/mol. The second-order valence-corrected chi connectivity index (χ2v) is 5.53. The largest absolute Gasteiger partial charge is 0.313 e. The van der Waals surface area contributed by atoms with Crippen LogP contribution in [0.4, 0.5) is 4.39 Å². The van der Waals surface area contributed by atoms with Crippen molar-refractivity contribution in [2.24, 2.45) is 0 Å². The number of sulfonamides is 1. The Morgan fingerprint density at radius 3 is 2.71 bits per heavy atom. The highest BCUT2D eigenvalue weighted by Crippen LogP contribution is 2.09. The third-order valence-electron chi connectivity index (χ3n) is 2.24. The Morgan fingerprint density at radius 2 is 2.12 bits per heavy atom. The predicted octanol–water partition coefficient (Wildman–Crippen LogP) is 1.10. The van der Waals surface area contributed by atoms with Crippen LogP contribution in [0.3, 0.4) is 0 Å². The lowest BCUT2D eigenvalue weighted by atomic mass is 10.3. The van der Waals surface area contributed by atoms with Gasteiger partial charge in [0.2, 0.25) is 10.0 Å². The van der Waals surface area contributed by atoms with Crippen LogP contribution in [-0.2, 0) is 10.0 Å². The van der Waals surface area contributed by atoms with E-state index in [0.29, 0.717) is 0 Å². The molecule has 1 aromatic carbocycles. The number of benzene rings is 1. The summed E-state index contributed by atoms with van der Waals surface area (Å²) >= 11 is 0. The van der Waals surface area contributed by atoms with Crippen LogP contribution in [-0.4, -0.2) is 27.5 Å². The van der Waals surface area contributed by atoms with Crippen LogP contribution in [0.2, 0.25) is 0 Å². The third-order valence-corrected chi connectivity index (χ3v) is 3.66. The molecule has 0 aromatic heterocycles. The standard InChI is InChI=1S/C11H17FN2O2S/c1-3-13-9(2)8-14-17(15,16)11-6-4-5-10(12)7-11/h4-7,9,13-14H,3,8H2,1-2H3/t9-/m1/s1. The average molecular weight is 260 g/mol. The molecule has 0 aliphatic rings. The summed E-state index contributed by atoms with van der Waals surface area (Å²) < 4.78 is 38.9. The van der Waals surface area contributed by atoms with Gasteiger partial charge in [-0.15, -0.1) is 0 Å². The van der Waals surface area contributed by atoms with E-state index in [-0.39, 0.29) is 17.5 Å². The van der Waals surface area contributed by atoms with E-state index < -0.39 is 15.8 Å². The normalized spacial score (nSPS) is 13.6. The summed E-state index contributed by atoms with van der Waals surface area (Å²) in [6, 6.07) is 4.98. The summed E-state index contributed by atoms with van der Waals surface area (Å²) in [6.07, 6.45) is 0. The molecule has 0 aliphatic carbocycles. The fourth-order valence-corrected chi connectivity index (χ4v) is 2.53. The number of likely N-dealkylation sites (N-methyl/N-ethyl adjacent to an activating group) is 1. The summed E-state index contributed by atoms with van der Waals surface area (Å²) in [4.78, 5) is -0.0544. The first kappa shape index (κ1) is 14.1. The fraction of sp³-hybridized carbons (Fsp3) is 0.455. The van der Waals surface area contributed by atoms with E-state index in [9.17, 15) is 12.8 Å². The molecule has 17 heavy (non-hydrogen) atoms. The van der Waals surface area contributed by atoms with Gasteiger partial charge in [-0.1, -0.05) is 13.0 Å². The Labute approximate surface area is 101 Å². The van der Waals surface area contributed by atoms with Crippen molar-refractivity contribution in [3.05, 3.63) is 30.1 Å². The molecule has 0 unspecified atom stereocenters. The Morgan fingerprint density at radius 1 is 1.41 bits per heavy atom. The van der Waals surface area contributed by atoms with Crippen molar-refractivity contribution in [3.63, 3.8) is 0 Å². The maximum absolute atomic E-state index is 12.9. The quantitative estimate of drug-likeness (QED) is 0.805. The highest BCUT2D eigenvalue weighted by molar-refractivity contribution is 7.89. The van der Waals surface area contributed by atoms with E-state index in [1.165, 1.54) is 18.2 Å². The lowest BCUT2D eigenvalue weighted by Crippen LogP contribution is -2.38. The molecule has 1 atom stereocenters. The van der Waals surface area contributed by atoms with Crippen molar-refractivity contribution >= 4 is 10.0 Å². The van der Waals surface area contributed by atoms with Gasteiger partial charge >= 0.3 is 0 Å². The molecule has 4 nitrogen and oxygen atoms in total. The van der Waals surface area contributed by atoms with E-state index in [4.69, 9.17) is 0 Å². The van der Waals surface area contributed by atoms with Gasteiger partial charge in [-0.3, -0.25) is 0 Å². The van der Waals surface area contributed by atoms with E-state index >= 15 is 0 Å². The monoisotopic (exact) mass is 260 g/mol. The van der Waals surface area contributed by atoms with Crippen LogP contribution in [0.15, 0.2) is 29.2 Å². The molecule has 1 rings (SSSR count). The lowest BCUT2D eigenvalue weighted by Gasteiger charge is -2.13. The lowest BCUT2D eigenvalue weighted by molar-refractivity contribution is 0.535. The van der Waals surface area contributed by atoms with Gasteiger partial charge in [-0.05, 0) is 31.7 Å². The topological polar surface area (TPSA) is 58.2 Å². The van der Waals surface area contributed by atoms with Crippen molar-refractivity contribution in [1.82, 2.24) is 10.0 Å². The minimum Gasteiger partial charge on any atom is -0.313 e. The molecular formula is C11H17FN2O2S. The van der Waals surface area contributed by atoms with Crippen LogP contribution < -0.4 is 10.0 Å². The summed E-state index contributed by atoms with van der Waals surface area (Å²) in [6.45, 7) is 4.85. The zero-order valence-electron chi connectivity index (χ0n) is 9.90. The van der Waals surface area contributed by atoms with Crippen molar-refractivity contribution in [1.29, 1.82) is 0 Å². The van der Waals surface area contributed by atoms with Gasteiger partial charge in [0, 0.05) is 12.6 Å². The molecule has 2 N–H and O–H groups in total. The fourth-order valence-electron chi connectivity index (χ4n) is 1.37. The Balaban J connectivity index is 2.69. The maximum Gasteiger partial charge on any atom is 0.240 e. The summed E-state index contributed by atoms with van der Waals surface area (Å²) in [5.41, 5.74) is 0. The van der Waals surface area contributed by atoms with Crippen molar-refractivity contribution in [3.8, 4) is 0 Å². The molecule has 0 aliphatic heterocycles. The van der Waals surface area contributed by atoms with Crippen molar-refractivity contribution in [2.75, 3.05) is 13.1 Å². The van der Waals surface area contributed by atoms with Gasteiger partial charge in [0.1, 0.15) is 5.82 Å². The minimum absolute atomic E-state index is 0.0309. The van der Waals surface area contributed by atoms with E-state index in [0.717, 1.165) is 12.6 Å². The number of hydrogen-bond acceptors (Lipinski definition) is 3. The summed E-state index contributed by atoms with van der Waals surface area (Å²) in [5, 5.41) is 3.08. The molecule has 1 aromatic rings. The molecule has 0 saturated heterocycles. The van der Waals surface area contributed by atoms with Gasteiger partial charge in [0.05, 0.1) is 4.90 Å². The molecule has 0 saturated carbocycles. The molecule has 6 heteroatoms. The second-order valence-electron chi connectivity index (χ2n) is 3.77. The van der Waals surface area contributed by atoms with Crippen LogP contribution in [0.1, 0.15) is 13.8 Å². The van der Waals surface area contributed by atoms with Gasteiger partial charge < -0.3 is 5.32 Å². The maximum atomic E-state index is 12.9. The van der Waals surface area contributed by atoms with Crippen LogP contribution in [0, 0.1) is 5.82 Å². The second kappa shape index (κ2) is 6.09. The summed E-state index contributed by atoms with van der Waals surface area (Å²) in [7, 11) is -3.63. The molecule has 0 fully saturated rings. The Bertz CT molecular complexity index is 462. The van der Waals surface area contributed by atoms with E-state index in [1.807, 2.05) is 13.8 Å². The van der Waals surface area contributed by atoms with Crippen LogP contribution in [0.25, 0.3) is 0 Å². The smallest absolute Gasteiger partial charge is 0.240 e. The number of nitrogens with one attached hydrogen (secondary N) is 2. The number of hydrogen-bond donors (Lipinski definition) is 2. The average Bonchev–Trinajstić information content (AvgIpc) is 2.27.